The van der Waals surface area contributed by atoms with Gasteiger partial charge < -0.3 is 42.6 Å². The summed E-state index contributed by atoms with van der Waals surface area (Å²) in [4.78, 5) is 0. The third-order valence-corrected chi connectivity index (χ3v) is 12.4. The molecule has 0 aromatic heterocycles. The second kappa shape index (κ2) is 30.2. The molecule has 4 aromatic rings. The largest absolute Gasteiger partial charge is 0.382 e. The summed E-state index contributed by atoms with van der Waals surface area (Å²) in [6.45, 7) is 9.22. The number of benzene rings is 4. The second-order valence-corrected chi connectivity index (χ2v) is 18.5. The fourth-order valence-electron chi connectivity index (χ4n) is 7.19. The highest BCUT2D eigenvalue weighted by Crippen LogP contribution is 2.54. The summed E-state index contributed by atoms with van der Waals surface area (Å²) in [5.74, 6) is 0. The molecule has 6 rings (SSSR count). The van der Waals surface area contributed by atoms with Gasteiger partial charge in [-0.15, -0.1) is 0 Å². The Balaban J connectivity index is 0.000000255. The molecule has 0 heterocycles. The zero-order valence-corrected chi connectivity index (χ0v) is 43.4. The molecule has 0 amide bonds. The highest BCUT2D eigenvalue weighted by molar-refractivity contribution is 9.11. The van der Waals surface area contributed by atoms with E-state index in [4.69, 9.17) is 42.6 Å². The Labute approximate surface area is 404 Å². The van der Waals surface area contributed by atoms with Crippen LogP contribution in [0.5, 0.6) is 0 Å². The fraction of sp³-hybridized carbons (Fsp3) is 0.489. The molecule has 0 saturated heterocycles. The SMILES string of the molecule is Brc1ccc2c(c1)Cc1cc(Br)ccc1-2.COCCOCCOCCBr.COCCOCCOCCC1(CCOCCOCCOC)c2cc(Br)ccc2-c2ccc(Br)cc21. The van der Waals surface area contributed by atoms with Crippen LogP contribution in [-0.4, -0.2) is 126 Å². The Morgan fingerprint density at radius 2 is 0.705 bits per heavy atom. The van der Waals surface area contributed by atoms with Crippen molar-refractivity contribution < 1.29 is 42.6 Å². The van der Waals surface area contributed by atoms with Crippen LogP contribution in [0.1, 0.15) is 35.1 Å². The van der Waals surface area contributed by atoms with Crippen LogP contribution in [0.25, 0.3) is 22.3 Å². The molecular weight excluding hydrogens is 1110 g/mol. The molecule has 0 fully saturated rings. The first-order valence-electron chi connectivity index (χ1n) is 20.4. The number of hydrogen-bond acceptors (Lipinski definition) is 9. The van der Waals surface area contributed by atoms with Crippen LogP contribution >= 0.6 is 79.6 Å². The average Bonchev–Trinajstić information content (AvgIpc) is 3.73. The van der Waals surface area contributed by atoms with Crippen molar-refractivity contribution in [2.45, 2.75) is 24.7 Å². The number of methoxy groups -OCH3 is 3. The average molecular weight is 1170 g/mol. The van der Waals surface area contributed by atoms with Crippen molar-refractivity contribution in [3.63, 3.8) is 0 Å². The van der Waals surface area contributed by atoms with Crippen LogP contribution in [0.3, 0.4) is 0 Å². The Morgan fingerprint density at radius 3 is 1.07 bits per heavy atom. The molecular formula is C47H59Br5O9. The van der Waals surface area contributed by atoms with Crippen molar-refractivity contribution in [1.29, 1.82) is 0 Å². The summed E-state index contributed by atoms with van der Waals surface area (Å²) in [5, 5.41) is 0.880. The van der Waals surface area contributed by atoms with E-state index in [1.165, 1.54) is 44.5 Å². The van der Waals surface area contributed by atoms with Gasteiger partial charge >= 0.3 is 0 Å². The highest BCUT2D eigenvalue weighted by atomic mass is 79.9. The first-order chi connectivity index (χ1) is 29.8. The number of rotatable bonds is 26. The van der Waals surface area contributed by atoms with Crippen LogP contribution in [0.4, 0.5) is 0 Å². The normalized spacial score (nSPS) is 12.8. The van der Waals surface area contributed by atoms with Gasteiger partial charge in [-0.3, -0.25) is 0 Å². The van der Waals surface area contributed by atoms with Gasteiger partial charge in [-0.2, -0.15) is 0 Å². The summed E-state index contributed by atoms with van der Waals surface area (Å²) in [6, 6.07) is 26.2. The molecule has 14 heteroatoms. The quantitative estimate of drug-likeness (QED) is 0.0397. The van der Waals surface area contributed by atoms with E-state index in [1.54, 1.807) is 21.3 Å². The third-order valence-electron chi connectivity index (χ3n) is 10.1. The molecule has 0 N–H and O–H groups in total. The number of hydrogen-bond donors (Lipinski definition) is 0. The molecule has 0 radical (unpaired) electrons. The Bertz CT molecular complexity index is 1730. The maximum atomic E-state index is 6.01. The summed E-state index contributed by atoms with van der Waals surface area (Å²) in [7, 11) is 5.00. The topological polar surface area (TPSA) is 83.1 Å². The van der Waals surface area contributed by atoms with Crippen molar-refractivity contribution in [3.05, 3.63) is 113 Å². The lowest BCUT2D eigenvalue weighted by atomic mass is 9.73. The molecule has 0 saturated carbocycles. The summed E-state index contributed by atoms with van der Waals surface area (Å²) in [5.41, 5.74) is 10.6. The molecule has 0 atom stereocenters. The van der Waals surface area contributed by atoms with Crippen molar-refractivity contribution >= 4 is 79.6 Å². The number of fused-ring (bicyclic) bond motifs is 6. The number of ether oxygens (including phenoxy) is 9. The molecule has 4 aromatic carbocycles. The summed E-state index contributed by atoms with van der Waals surface area (Å²) in [6.07, 6.45) is 2.75. The van der Waals surface area contributed by atoms with Crippen LogP contribution < -0.4 is 0 Å². The van der Waals surface area contributed by atoms with E-state index in [2.05, 4.69) is 152 Å². The molecule has 61 heavy (non-hydrogen) atoms. The van der Waals surface area contributed by atoms with Crippen molar-refractivity contribution in [2.75, 3.05) is 126 Å². The van der Waals surface area contributed by atoms with Crippen molar-refractivity contribution in [3.8, 4) is 22.3 Å². The van der Waals surface area contributed by atoms with Crippen LogP contribution in [0, 0.1) is 0 Å². The second-order valence-electron chi connectivity index (χ2n) is 14.1. The maximum absolute atomic E-state index is 6.01. The molecule has 9 nitrogen and oxygen atoms in total. The first-order valence-corrected chi connectivity index (χ1v) is 24.7. The highest BCUT2D eigenvalue weighted by Gasteiger charge is 2.43. The third kappa shape index (κ3) is 17.3. The monoisotopic (exact) mass is 1160 g/mol. The molecule has 0 unspecified atom stereocenters. The van der Waals surface area contributed by atoms with Gasteiger partial charge in [0.15, 0.2) is 0 Å². The Hall–Kier alpha value is -1.08. The summed E-state index contributed by atoms with van der Waals surface area (Å²) >= 11 is 17.7. The van der Waals surface area contributed by atoms with E-state index in [1.807, 2.05) is 0 Å². The molecule has 2 aliphatic rings. The van der Waals surface area contributed by atoms with E-state index in [0.717, 1.165) is 49.1 Å². The minimum atomic E-state index is -0.202. The Morgan fingerprint density at radius 1 is 0.393 bits per heavy atom. The van der Waals surface area contributed by atoms with E-state index >= 15 is 0 Å². The standard InChI is InChI=1S/C27H36Br2O6.C13H8Br2.C7H15BrO3/c1-30-11-13-34-17-15-32-9-7-27(8-10-33-16-18-35-14-12-31-2)25-19-21(28)3-5-23(25)24-6-4-22(29)20-26(24)27;14-10-1-3-12-8(6-10)5-9-7-11(15)2-4-13(9)12;1-9-4-5-11-7-6-10-3-2-8/h3-6,19-20H,7-18H2,1-2H3;1-4,6-7H,5H2;2-7H2,1H3. The molecule has 0 bridgehead atoms. The van der Waals surface area contributed by atoms with Crippen LogP contribution in [-0.2, 0) is 54.5 Å². The molecule has 2 aliphatic carbocycles. The number of alkyl halides is 1. The van der Waals surface area contributed by atoms with Crippen LogP contribution in [0.2, 0.25) is 0 Å². The summed E-state index contributed by atoms with van der Waals surface area (Å²) < 4.78 is 52.7. The van der Waals surface area contributed by atoms with Gasteiger partial charge in [0, 0.05) is 63.2 Å². The molecule has 0 spiro atoms. The van der Waals surface area contributed by atoms with Gasteiger partial charge in [-0.1, -0.05) is 104 Å². The van der Waals surface area contributed by atoms with E-state index in [9.17, 15) is 0 Å². The molecule has 336 valence electrons. The lowest BCUT2D eigenvalue weighted by Crippen LogP contribution is -2.30. The lowest BCUT2D eigenvalue weighted by Gasteiger charge is -2.32. The predicted octanol–water partition coefficient (Wildman–Crippen LogP) is 11.5. The van der Waals surface area contributed by atoms with E-state index in [-0.39, 0.29) is 5.41 Å². The predicted molar refractivity (Wildman–Crippen MR) is 262 cm³/mol. The number of halogens is 5. The Kier molecular flexibility index (Phi) is 26.0. The van der Waals surface area contributed by atoms with Crippen molar-refractivity contribution in [2.24, 2.45) is 0 Å². The van der Waals surface area contributed by atoms with Gasteiger partial charge in [0.25, 0.3) is 0 Å². The van der Waals surface area contributed by atoms with E-state index in [0.29, 0.717) is 92.5 Å². The van der Waals surface area contributed by atoms with Gasteiger partial charge in [-0.05, 0) is 112 Å². The van der Waals surface area contributed by atoms with Crippen molar-refractivity contribution in [1.82, 2.24) is 0 Å². The zero-order valence-electron chi connectivity index (χ0n) is 35.4. The van der Waals surface area contributed by atoms with Gasteiger partial charge in [0.1, 0.15) is 0 Å². The van der Waals surface area contributed by atoms with E-state index < -0.39 is 0 Å². The fourth-order valence-corrected chi connectivity index (χ4v) is 8.96. The minimum absolute atomic E-state index is 0.202. The first kappa shape index (κ1) is 52.5. The minimum Gasteiger partial charge on any atom is -0.382 e. The van der Waals surface area contributed by atoms with Crippen LogP contribution in [0.15, 0.2) is 90.7 Å². The van der Waals surface area contributed by atoms with Gasteiger partial charge in [0.2, 0.25) is 0 Å². The zero-order chi connectivity index (χ0) is 43.7. The molecule has 0 aliphatic heterocycles. The van der Waals surface area contributed by atoms with Gasteiger partial charge in [0.05, 0.1) is 85.9 Å². The lowest BCUT2D eigenvalue weighted by molar-refractivity contribution is 0.0145. The smallest absolute Gasteiger partial charge is 0.0701 e. The maximum Gasteiger partial charge on any atom is 0.0701 e. The van der Waals surface area contributed by atoms with Gasteiger partial charge in [-0.25, -0.2) is 0 Å².